The number of amides is 1. The van der Waals surface area contributed by atoms with E-state index >= 15 is 0 Å². The van der Waals surface area contributed by atoms with Gasteiger partial charge in [0.2, 0.25) is 5.95 Å². The number of primary amides is 1. The average Bonchev–Trinajstić information content (AvgIpc) is 3.43. The number of carbonyl (C=O) groups excluding carboxylic acids is 1. The second-order valence-corrected chi connectivity index (χ2v) is 8.75. The zero-order valence-electron chi connectivity index (χ0n) is 17.8. The van der Waals surface area contributed by atoms with Gasteiger partial charge in [0.05, 0.1) is 0 Å². The van der Waals surface area contributed by atoms with E-state index in [4.69, 9.17) is 5.73 Å². The van der Waals surface area contributed by atoms with Crippen LogP contribution in [0, 0.1) is 0 Å². The predicted octanol–water partition coefficient (Wildman–Crippen LogP) is 2.35. The first-order chi connectivity index (χ1) is 15.2. The Hall–Kier alpha value is -2.94. The first kappa shape index (κ1) is 20.0. The third-order valence-electron chi connectivity index (χ3n) is 6.48. The SMILES string of the molecule is NC(=O)c1nnc(Nc2ccc(N3CCN(C4CCCC4)CC3)cc2)nc1NC1CC1. The maximum absolute atomic E-state index is 11.6. The summed E-state index contributed by atoms with van der Waals surface area (Å²) in [6, 6.07) is 9.44. The van der Waals surface area contributed by atoms with E-state index in [9.17, 15) is 4.79 Å². The molecule has 2 aromatic rings. The summed E-state index contributed by atoms with van der Waals surface area (Å²) in [5, 5.41) is 14.4. The van der Waals surface area contributed by atoms with Crippen LogP contribution in [0.15, 0.2) is 24.3 Å². The fourth-order valence-electron chi connectivity index (χ4n) is 4.57. The molecule has 5 rings (SSSR count). The molecule has 2 aliphatic carbocycles. The van der Waals surface area contributed by atoms with Gasteiger partial charge in [0.25, 0.3) is 5.91 Å². The lowest BCUT2D eigenvalue weighted by Gasteiger charge is -2.39. The number of nitrogens with one attached hydrogen (secondary N) is 2. The average molecular weight is 423 g/mol. The molecule has 0 unspecified atom stereocenters. The van der Waals surface area contributed by atoms with E-state index < -0.39 is 5.91 Å². The molecule has 1 amide bonds. The summed E-state index contributed by atoms with van der Waals surface area (Å²) >= 11 is 0. The van der Waals surface area contributed by atoms with Crippen LogP contribution in [0.1, 0.15) is 49.0 Å². The normalized spacial score (nSPS) is 20.1. The van der Waals surface area contributed by atoms with Crippen molar-refractivity contribution >= 4 is 29.0 Å². The van der Waals surface area contributed by atoms with Gasteiger partial charge in [0.1, 0.15) is 0 Å². The highest BCUT2D eigenvalue weighted by atomic mass is 16.1. The van der Waals surface area contributed by atoms with Crippen molar-refractivity contribution in [2.45, 2.75) is 50.6 Å². The molecule has 164 valence electrons. The number of piperazine rings is 1. The first-order valence-corrected chi connectivity index (χ1v) is 11.3. The highest BCUT2D eigenvalue weighted by molar-refractivity contribution is 5.95. The number of benzene rings is 1. The Balaban J connectivity index is 1.21. The lowest BCUT2D eigenvalue weighted by Crippen LogP contribution is -2.49. The standard InChI is InChI=1S/C22H30N8O/c23-20(31)19-21(24-15-5-6-15)26-22(28-27-19)25-16-7-9-18(10-8-16)30-13-11-29(12-14-30)17-3-1-2-4-17/h7-10,15,17H,1-6,11-14H2,(H2,23,31)(H2,24,25,26,28). The molecule has 1 saturated heterocycles. The smallest absolute Gasteiger partial charge is 0.273 e. The van der Waals surface area contributed by atoms with Crippen molar-refractivity contribution in [2.75, 3.05) is 41.7 Å². The minimum absolute atomic E-state index is 0.0737. The summed E-state index contributed by atoms with van der Waals surface area (Å²) < 4.78 is 0. The van der Waals surface area contributed by atoms with Crippen molar-refractivity contribution in [2.24, 2.45) is 5.73 Å². The molecule has 1 aromatic carbocycles. The molecule has 1 aromatic heterocycles. The zero-order valence-corrected chi connectivity index (χ0v) is 17.8. The number of nitrogens with zero attached hydrogens (tertiary/aromatic N) is 5. The molecule has 0 spiro atoms. The Morgan fingerprint density at radius 3 is 2.32 bits per heavy atom. The molecule has 9 nitrogen and oxygen atoms in total. The highest BCUT2D eigenvalue weighted by Gasteiger charge is 2.27. The minimum atomic E-state index is -0.632. The van der Waals surface area contributed by atoms with Crippen molar-refractivity contribution in [3.05, 3.63) is 30.0 Å². The molecule has 4 N–H and O–H groups in total. The lowest BCUT2D eigenvalue weighted by atomic mass is 10.1. The lowest BCUT2D eigenvalue weighted by molar-refractivity contribution is 0.0995. The molecule has 3 aliphatic rings. The molecule has 0 atom stereocenters. The zero-order chi connectivity index (χ0) is 21.2. The third kappa shape index (κ3) is 4.71. The van der Waals surface area contributed by atoms with Gasteiger partial charge >= 0.3 is 0 Å². The van der Waals surface area contributed by atoms with Crippen LogP contribution < -0.4 is 21.3 Å². The molecule has 0 radical (unpaired) electrons. The van der Waals surface area contributed by atoms with Crippen molar-refractivity contribution in [3.8, 4) is 0 Å². The van der Waals surface area contributed by atoms with Crippen LogP contribution in [0.3, 0.4) is 0 Å². The minimum Gasteiger partial charge on any atom is -0.369 e. The molecule has 2 saturated carbocycles. The topological polar surface area (TPSA) is 112 Å². The third-order valence-corrected chi connectivity index (χ3v) is 6.48. The predicted molar refractivity (Wildman–Crippen MR) is 121 cm³/mol. The quantitative estimate of drug-likeness (QED) is 0.623. The summed E-state index contributed by atoms with van der Waals surface area (Å²) in [5.41, 5.74) is 7.58. The number of nitrogens with two attached hydrogens (primary N) is 1. The second kappa shape index (κ2) is 8.66. The maximum Gasteiger partial charge on any atom is 0.273 e. The van der Waals surface area contributed by atoms with Crippen LogP contribution in [-0.4, -0.2) is 64.3 Å². The van der Waals surface area contributed by atoms with Crippen LogP contribution in [0.25, 0.3) is 0 Å². The van der Waals surface area contributed by atoms with Gasteiger partial charge in [-0.3, -0.25) is 9.69 Å². The summed E-state index contributed by atoms with van der Waals surface area (Å²) in [6.07, 6.45) is 7.64. The Kier molecular flexibility index (Phi) is 5.59. The fourth-order valence-corrected chi connectivity index (χ4v) is 4.57. The van der Waals surface area contributed by atoms with Crippen LogP contribution in [0.4, 0.5) is 23.1 Å². The number of hydrogen-bond acceptors (Lipinski definition) is 8. The molecule has 3 fully saturated rings. The summed E-state index contributed by atoms with van der Waals surface area (Å²) in [5.74, 6) is 0.0995. The van der Waals surface area contributed by atoms with Gasteiger partial charge in [0, 0.05) is 49.6 Å². The molecule has 1 aliphatic heterocycles. The van der Waals surface area contributed by atoms with Gasteiger partial charge in [-0.1, -0.05) is 12.8 Å². The van der Waals surface area contributed by atoms with Gasteiger partial charge in [-0.15, -0.1) is 10.2 Å². The van der Waals surface area contributed by atoms with E-state index in [0.29, 0.717) is 17.8 Å². The molecule has 31 heavy (non-hydrogen) atoms. The number of hydrogen-bond donors (Lipinski definition) is 3. The van der Waals surface area contributed by atoms with Crippen molar-refractivity contribution in [1.82, 2.24) is 20.1 Å². The largest absolute Gasteiger partial charge is 0.369 e. The molecular formula is C22H30N8O. The van der Waals surface area contributed by atoms with E-state index in [2.05, 4.69) is 47.7 Å². The summed E-state index contributed by atoms with van der Waals surface area (Å²) in [7, 11) is 0. The monoisotopic (exact) mass is 422 g/mol. The van der Waals surface area contributed by atoms with Crippen LogP contribution >= 0.6 is 0 Å². The maximum atomic E-state index is 11.6. The van der Waals surface area contributed by atoms with Crippen LogP contribution in [0.5, 0.6) is 0 Å². The van der Waals surface area contributed by atoms with Crippen molar-refractivity contribution < 1.29 is 4.79 Å². The Labute approximate surface area is 182 Å². The van der Waals surface area contributed by atoms with E-state index in [-0.39, 0.29) is 5.69 Å². The van der Waals surface area contributed by atoms with Gasteiger partial charge in [0.15, 0.2) is 11.5 Å². The Morgan fingerprint density at radius 1 is 0.968 bits per heavy atom. The van der Waals surface area contributed by atoms with E-state index in [1.54, 1.807) is 0 Å². The number of aromatic nitrogens is 3. The van der Waals surface area contributed by atoms with Crippen LogP contribution in [0.2, 0.25) is 0 Å². The Bertz CT molecular complexity index is 916. The molecular weight excluding hydrogens is 392 g/mol. The van der Waals surface area contributed by atoms with Gasteiger partial charge in [-0.25, -0.2) is 0 Å². The second-order valence-electron chi connectivity index (χ2n) is 8.75. The fraction of sp³-hybridized carbons (Fsp3) is 0.545. The Morgan fingerprint density at radius 2 is 1.68 bits per heavy atom. The number of carbonyl (C=O) groups is 1. The highest BCUT2D eigenvalue weighted by Crippen LogP contribution is 2.27. The molecule has 9 heteroatoms. The number of rotatable bonds is 7. The van der Waals surface area contributed by atoms with E-state index in [0.717, 1.165) is 50.7 Å². The van der Waals surface area contributed by atoms with Crippen molar-refractivity contribution in [1.29, 1.82) is 0 Å². The summed E-state index contributed by atoms with van der Waals surface area (Å²) in [4.78, 5) is 21.1. The van der Waals surface area contributed by atoms with Crippen molar-refractivity contribution in [3.63, 3.8) is 0 Å². The number of anilines is 4. The molecule has 0 bridgehead atoms. The van der Waals surface area contributed by atoms with Gasteiger partial charge in [-0.05, 0) is 49.9 Å². The van der Waals surface area contributed by atoms with E-state index in [1.807, 2.05) is 12.1 Å². The van der Waals surface area contributed by atoms with Gasteiger partial charge in [-0.2, -0.15) is 4.98 Å². The first-order valence-electron chi connectivity index (χ1n) is 11.3. The molecule has 2 heterocycles. The van der Waals surface area contributed by atoms with Crippen LogP contribution in [-0.2, 0) is 0 Å². The van der Waals surface area contributed by atoms with Gasteiger partial charge < -0.3 is 21.3 Å². The van der Waals surface area contributed by atoms with E-state index in [1.165, 1.54) is 31.4 Å². The summed E-state index contributed by atoms with van der Waals surface area (Å²) in [6.45, 7) is 4.43.